The zero-order chi connectivity index (χ0) is 19.4. The lowest BCUT2D eigenvalue weighted by Crippen LogP contribution is -2.28. The van der Waals surface area contributed by atoms with E-state index in [1.54, 1.807) is 30.0 Å². The van der Waals surface area contributed by atoms with Gasteiger partial charge in [-0.2, -0.15) is 0 Å². The second-order valence-corrected chi connectivity index (χ2v) is 6.65. The summed E-state index contributed by atoms with van der Waals surface area (Å²) >= 11 is 12.3. The Balaban J connectivity index is 2.08. The highest BCUT2D eigenvalue weighted by molar-refractivity contribution is 6.31. The summed E-state index contributed by atoms with van der Waals surface area (Å²) in [5.74, 6) is 0.213. The molecule has 1 aromatic heterocycles. The minimum atomic E-state index is -0.374. The molecule has 0 unspecified atom stereocenters. The van der Waals surface area contributed by atoms with Crippen molar-refractivity contribution in [1.82, 2.24) is 20.1 Å². The number of benzene rings is 2. The third-order valence-electron chi connectivity index (χ3n) is 3.97. The summed E-state index contributed by atoms with van der Waals surface area (Å²) < 4.78 is 6.57. The van der Waals surface area contributed by atoms with E-state index in [4.69, 9.17) is 27.9 Å². The summed E-state index contributed by atoms with van der Waals surface area (Å²) in [6, 6.07) is 12.7. The molecule has 3 aromatic rings. The maximum atomic E-state index is 12.4. The molecule has 0 saturated carbocycles. The van der Waals surface area contributed by atoms with Gasteiger partial charge in [0, 0.05) is 29.3 Å². The quantitative estimate of drug-likeness (QED) is 0.631. The Morgan fingerprint density at radius 1 is 1.19 bits per heavy atom. The Morgan fingerprint density at radius 3 is 2.63 bits per heavy atom. The number of methoxy groups -OCH3 is 1. The molecule has 0 bridgehead atoms. The Kier molecular flexibility index (Phi) is 6.11. The van der Waals surface area contributed by atoms with Crippen LogP contribution in [0.25, 0.3) is 17.1 Å². The van der Waals surface area contributed by atoms with Crippen molar-refractivity contribution in [3.63, 3.8) is 0 Å². The fourth-order valence-corrected chi connectivity index (χ4v) is 2.83. The number of rotatable bonds is 6. The molecular formula is C19H18Cl2N4O2. The van der Waals surface area contributed by atoms with Gasteiger partial charge in [-0.25, -0.2) is 9.67 Å². The number of nitrogens with one attached hydrogen (secondary N) is 1. The van der Waals surface area contributed by atoms with E-state index in [0.717, 1.165) is 16.8 Å². The van der Waals surface area contributed by atoms with E-state index in [2.05, 4.69) is 15.4 Å². The lowest BCUT2D eigenvalue weighted by Gasteiger charge is -2.10. The van der Waals surface area contributed by atoms with Gasteiger partial charge >= 0.3 is 0 Å². The van der Waals surface area contributed by atoms with Crippen LogP contribution in [0.3, 0.4) is 0 Å². The molecule has 0 spiro atoms. The smallest absolute Gasteiger partial charge is 0.291 e. The molecular weight excluding hydrogens is 387 g/mol. The molecule has 27 heavy (non-hydrogen) atoms. The summed E-state index contributed by atoms with van der Waals surface area (Å²) in [5.41, 5.74) is 2.36. The minimum Gasteiger partial charge on any atom is -0.383 e. The normalized spacial score (nSPS) is 10.8. The average molecular weight is 405 g/mol. The zero-order valence-electron chi connectivity index (χ0n) is 14.9. The van der Waals surface area contributed by atoms with E-state index >= 15 is 0 Å². The standard InChI is InChI=1S/C19H18Cl2N4O2/c1-12-15(21)4-3-5-16(12)25-18(13-6-8-14(20)9-7-13)23-17(24-25)19(26)22-10-11-27-2/h3-9H,10-11H2,1-2H3,(H,22,26). The Labute approximate surface area is 167 Å². The van der Waals surface area contributed by atoms with E-state index in [-0.39, 0.29) is 11.7 Å². The maximum absolute atomic E-state index is 12.4. The number of carbonyl (C=O) groups excluding carboxylic acids is 1. The molecule has 1 N–H and O–H groups in total. The first-order chi connectivity index (χ1) is 13.0. The van der Waals surface area contributed by atoms with Crippen LogP contribution in [0.1, 0.15) is 16.2 Å². The molecule has 0 aliphatic rings. The van der Waals surface area contributed by atoms with Crippen LogP contribution in [0.5, 0.6) is 0 Å². The molecule has 0 aliphatic carbocycles. The molecule has 6 nitrogen and oxygen atoms in total. The first-order valence-corrected chi connectivity index (χ1v) is 9.02. The van der Waals surface area contributed by atoms with Crippen LogP contribution in [0, 0.1) is 6.92 Å². The molecule has 140 valence electrons. The van der Waals surface area contributed by atoms with Gasteiger partial charge in [0.2, 0.25) is 5.82 Å². The number of halogens is 2. The molecule has 3 rings (SSSR count). The second kappa shape index (κ2) is 8.52. The summed E-state index contributed by atoms with van der Waals surface area (Å²) in [4.78, 5) is 16.9. The fraction of sp³-hybridized carbons (Fsp3) is 0.211. The van der Waals surface area contributed by atoms with Crippen molar-refractivity contribution in [2.75, 3.05) is 20.3 Å². The van der Waals surface area contributed by atoms with Crippen LogP contribution < -0.4 is 5.32 Å². The number of aromatic nitrogens is 3. The SMILES string of the molecule is COCCNC(=O)c1nc(-c2ccc(Cl)cc2)n(-c2cccc(Cl)c2C)n1. The van der Waals surface area contributed by atoms with Crippen LogP contribution in [-0.4, -0.2) is 40.9 Å². The van der Waals surface area contributed by atoms with Gasteiger partial charge in [0.05, 0.1) is 12.3 Å². The van der Waals surface area contributed by atoms with Crippen LogP contribution in [0.15, 0.2) is 42.5 Å². The van der Waals surface area contributed by atoms with Gasteiger partial charge in [-0.05, 0) is 48.9 Å². The van der Waals surface area contributed by atoms with E-state index in [9.17, 15) is 4.79 Å². The number of nitrogens with zero attached hydrogens (tertiary/aromatic N) is 3. The van der Waals surface area contributed by atoms with Crippen LogP contribution >= 0.6 is 23.2 Å². The van der Waals surface area contributed by atoms with Gasteiger partial charge in [0.25, 0.3) is 5.91 Å². The third kappa shape index (κ3) is 4.30. The van der Waals surface area contributed by atoms with Crippen LogP contribution in [0.2, 0.25) is 10.0 Å². The molecule has 8 heteroatoms. The molecule has 1 heterocycles. The van der Waals surface area contributed by atoms with Crippen molar-refractivity contribution >= 4 is 29.1 Å². The summed E-state index contributed by atoms with van der Waals surface area (Å²) in [6.07, 6.45) is 0. The van der Waals surface area contributed by atoms with Crippen LogP contribution in [0.4, 0.5) is 0 Å². The van der Waals surface area contributed by atoms with Gasteiger partial charge in [-0.15, -0.1) is 5.10 Å². The van der Waals surface area contributed by atoms with Gasteiger partial charge < -0.3 is 10.1 Å². The first-order valence-electron chi connectivity index (χ1n) is 8.27. The number of amides is 1. The van der Waals surface area contributed by atoms with E-state index in [1.165, 1.54) is 0 Å². The molecule has 0 saturated heterocycles. The van der Waals surface area contributed by atoms with Crippen molar-refractivity contribution in [2.24, 2.45) is 0 Å². The monoisotopic (exact) mass is 404 g/mol. The summed E-state index contributed by atoms with van der Waals surface area (Å²) in [7, 11) is 1.57. The third-order valence-corrected chi connectivity index (χ3v) is 4.63. The predicted octanol–water partition coefficient (Wildman–Crippen LogP) is 3.93. The zero-order valence-corrected chi connectivity index (χ0v) is 16.4. The Hall–Kier alpha value is -2.41. The van der Waals surface area contributed by atoms with Crippen LogP contribution in [-0.2, 0) is 4.74 Å². The minimum absolute atomic E-state index is 0.0652. The first kappa shape index (κ1) is 19.4. The highest BCUT2D eigenvalue weighted by Crippen LogP contribution is 2.27. The largest absolute Gasteiger partial charge is 0.383 e. The highest BCUT2D eigenvalue weighted by atomic mass is 35.5. The van der Waals surface area contributed by atoms with Gasteiger partial charge in [0.15, 0.2) is 5.82 Å². The number of carbonyl (C=O) groups is 1. The van der Waals surface area contributed by atoms with Gasteiger partial charge in [-0.1, -0.05) is 29.3 Å². The molecule has 2 aromatic carbocycles. The van der Waals surface area contributed by atoms with E-state index in [1.807, 2.05) is 31.2 Å². The number of hydrogen-bond acceptors (Lipinski definition) is 4. The summed E-state index contributed by atoms with van der Waals surface area (Å²) in [5, 5.41) is 8.37. The Morgan fingerprint density at radius 2 is 1.93 bits per heavy atom. The topological polar surface area (TPSA) is 69.0 Å². The molecule has 1 amide bonds. The van der Waals surface area contributed by atoms with Crippen molar-refractivity contribution in [1.29, 1.82) is 0 Å². The Bertz CT molecular complexity index is 955. The van der Waals surface area contributed by atoms with Crippen molar-refractivity contribution in [2.45, 2.75) is 6.92 Å². The molecule has 0 radical (unpaired) electrons. The van der Waals surface area contributed by atoms with E-state index in [0.29, 0.717) is 29.0 Å². The van der Waals surface area contributed by atoms with Crippen molar-refractivity contribution < 1.29 is 9.53 Å². The van der Waals surface area contributed by atoms with E-state index < -0.39 is 0 Å². The summed E-state index contributed by atoms with van der Waals surface area (Å²) in [6.45, 7) is 2.67. The average Bonchev–Trinajstić information content (AvgIpc) is 3.10. The number of hydrogen-bond donors (Lipinski definition) is 1. The maximum Gasteiger partial charge on any atom is 0.291 e. The van der Waals surface area contributed by atoms with Gasteiger partial charge in [0.1, 0.15) is 0 Å². The number of ether oxygens (including phenoxy) is 1. The predicted molar refractivity (Wildman–Crippen MR) is 106 cm³/mol. The molecule has 0 fully saturated rings. The fourth-order valence-electron chi connectivity index (χ4n) is 2.53. The van der Waals surface area contributed by atoms with Crippen molar-refractivity contribution in [3.05, 3.63) is 63.9 Å². The molecule has 0 atom stereocenters. The molecule has 0 aliphatic heterocycles. The second-order valence-electron chi connectivity index (χ2n) is 5.81. The van der Waals surface area contributed by atoms with Crippen molar-refractivity contribution in [3.8, 4) is 17.1 Å². The highest BCUT2D eigenvalue weighted by Gasteiger charge is 2.20. The lowest BCUT2D eigenvalue weighted by molar-refractivity contribution is 0.0927. The lowest BCUT2D eigenvalue weighted by atomic mass is 10.1. The van der Waals surface area contributed by atoms with Gasteiger partial charge in [-0.3, -0.25) is 4.79 Å².